The minimum Gasteiger partial charge on any atom is -0.306 e. The maximum atomic E-state index is 4.24. The predicted molar refractivity (Wildman–Crippen MR) is 80.7 cm³/mol. The molecule has 0 saturated heterocycles. The van der Waals surface area contributed by atoms with Crippen molar-refractivity contribution in [3.8, 4) is 0 Å². The minimum absolute atomic E-state index is 0.208. The van der Waals surface area contributed by atoms with Crippen molar-refractivity contribution in [3.63, 3.8) is 0 Å². The number of aromatic nitrogens is 2. The van der Waals surface area contributed by atoms with Crippen LogP contribution in [0.5, 0.6) is 0 Å². The van der Waals surface area contributed by atoms with E-state index in [1.807, 2.05) is 0 Å². The summed E-state index contributed by atoms with van der Waals surface area (Å²) in [6, 6.07) is 6.70. The predicted octanol–water partition coefficient (Wildman–Crippen LogP) is 3.42. The van der Waals surface area contributed by atoms with Gasteiger partial charge in [-0.05, 0) is 55.0 Å². The largest absolute Gasteiger partial charge is 0.306 e. The van der Waals surface area contributed by atoms with Gasteiger partial charge in [-0.2, -0.15) is 0 Å². The van der Waals surface area contributed by atoms with Crippen LogP contribution in [0.15, 0.2) is 18.2 Å². The first-order chi connectivity index (χ1) is 9.19. The van der Waals surface area contributed by atoms with Crippen LogP contribution >= 0.6 is 11.5 Å². The van der Waals surface area contributed by atoms with Gasteiger partial charge in [0.15, 0.2) is 0 Å². The molecule has 2 aromatic rings. The lowest BCUT2D eigenvalue weighted by Gasteiger charge is -2.20. The number of aryl methyl sites for hydroxylation is 2. The second kappa shape index (κ2) is 6.26. The number of rotatable bonds is 5. The van der Waals surface area contributed by atoms with Crippen LogP contribution in [-0.2, 0) is 6.42 Å². The van der Waals surface area contributed by atoms with E-state index in [0.29, 0.717) is 0 Å². The molecule has 1 atom stereocenters. The summed E-state index contributed by atoms with van der Waals surface area (Å²) in [4.78, 5) is 1.25. The van der Waals surface area contributed by atoms with E-state index in [1.54, 1.807) is 0 Å². The molecule has 4 heteroatoms. The van der Waals surface area contributed by atoms with Gasteiger partial charge in [0, 0.05) is 0 Å². The molecular weight excluding hydrogens is 254 g/mol. The van der Waals surface area contributed by atoms with Crippen molar-refractivity contribution in [2.45, 2.75) is 40.2 Å². The average molecular weight is 275 g/mol. The summed E-state index contributed by atoms with van der Waals surface area (Å²) in [7, 11) is 0. The van der Waals surface area contributed by atoms with E-state index in [2.05, 4.69) is 60.8 Å². The quantitative estimate of drug-likeness (QED) is 0.908. The van der Waals surface area contributed by atoms with Gasteiger partial charge in [0.1, 0.15) is 0 Å². The van der Waals surface area contributed by atoms with Gasteiger partial charge in [-0.15, -0.1) is 5.10 Å². The fourth-order valence-electron chi connectivity index (χ4n) is 2.31. The lowest BCUT2D eigenvalue weighted by molar-refractivity contribution is 0.629. The van der Waals surface area contributed by atoms with Crippen molar-refractivity contribution >= 4 is 11.5 Å². The Hall–Kier alpha value is -1.26. The van der Waals surface area contributed by atoms with E-state index in [9.17, 15) is 0 Å². The first-order valence-electron chi connectivity index (χ1n) is 6.79. The van der Waals surface area contributed by atoms with Crippen LogP contribution in [0.3, 0.4) is 0 Å². The van der Waals surface area contributed by atoms with Gasteiger partial charge < -0.3 is 5.32 Å². The molecule has 0 aliphatic heterocycles. The maximum Gasteiger partial charge on any atom is 0.0804 e. The van der Waals surface area contributed by atoms with Gasteiger partial charge in [0.25, 0.3) is 0 Å². The van der Waals surface area contributed by atoms with Gasteiger partial charge in [0.2, 0.25) is 0 Å². The molecule has 2 rings (SSSR count). The van der Waals surface area contributed by atoms with E-state index >= 15 is 0 Å². The number of nitrogens with zero attached hydrogens (tertiary/aromatic N) is 2. The Morgan fingerprint density at radius 1 is 1.26 bits per heavy atom. The fraction of sp³-hybridized carbons (Fsp3) is 0.467. The Balaban J connectivity index is 2.48. The van der Waals surface area contributed by atoms with E-state index in [4.69, 9.17) is 0 Å². The first kappa shape index (κ1) is 14.2. The zero-order chi connectivity index (χ0) is 13.8. The summed E-state index contributed by atoms with van der Waals surface area (Å²) in [6.07, 6.45) is 0.929. The zero-order valence-corrected chi connectivity index (χ0v) is 12.8. The van der Waals surface area contributed by atoms with E-state index in [1.165, 1.54) is 33.1 Å². The highest BCUT2D eigenvalue weighted by Gasteiger charge is 2.21. The van der Waals surface area contributed by atoms with Gasteiger partial charge in [-0.3, -0.25) is 0 Å². The van der Waals surface area contributed by atoms with Gasteiger partial charge in [0.05, 0.1) is 16.6 Å². The molecule has 1 aromatic carbocycles. The maximum absolute atomic E-state index is 4.24. The molecule has 0 saturated carbocycles. The summed E-state index contributed by atoms with van der Waals surface area (Å²) in [5.41, 5.74) is 5.12. The third kappa shape index (κ3) is 2.85. The number of nitrogens with one attached hydrogen (secondary N) is 1. The van der Waals surface area contributed by atoms with Gasteiger partial charge in [-0.1, -0.05) is 36.5 Å². The standard InChI is InChI=1S/C15H21N3S/c1-5-13-15(19-18-17-13)14(16-6-2)12-9-7-8-10(3)11(12)4/h7-9,14,16H,5-6H2,1-4H3. The van der Waals surface area contributed by atoms with E-state index in [0.717, 1.165) is 18.7 Å². The van der Waals surface area contributed by atoms with Crippen LogP contribution in [0.1, 0.15) is 47.2 Å². The highest BCUT2D eigenvalue weighted by atomic mass is 32.1. The highest BCUT2D eigenvalue weighted by molar-refractivity contribution is 7.05. The van der Waals surface area contributed by atoms with Crippen molar-refractivity contribution in [2.75, 3.05) is 6.54 Å². The SMILES string of the molecule is CCNC(c1cccc(C)c1C)c1snnc1CC. The van der Waals surface area contributed by atoms with Crippen LogP contribution in [0.2, 0.25) is 0 Å². The molecule has 0 bridgehead atoms. The van der Waals surface area contributed by atoms with Crippen molar-refractivity contribution in [1.29, 1.82) is 0 Å². The van der Waals surface area contributed by atoms with E-state index < -0.39 is 0 Å². The molecule has 1 heterocycles. The Morgan fingerprint density at radius 2 is 2.05 bits per heavy atom. The molecule has 19 heavy (non-hydrogen) atoms. The van der Waals surface area contributed by atoms with Crippen LogP contribution in [0.4, 0.5) is 0 Å². The molecule has 0 amide bonds. The van der Waals surface area contributed by atoms with Crippen LogP contribution in [-0.4, -0.2) is 16.1 Å². The third-order valence-corrected chi connectivity index (χ3v) is 4.38. The third-order valence-electron chi connectivity index (χ3n) is 3.55. The van der Waals surface area contributed by atoms with Crippen molar-refractivity contribution < 1.29 is 0 Å². The summed E-state index contributed by atoms with van der Waals surface area (Å²) < 4.78 is 4.13. The minimum atomic E-state index is 0.208. The van der Waals surface area contributed by atoms with Crippen molar-refractivity contribution in [2.24, 2.45) is 0 Å². The highest BCUT2D eigenvalue weighted by Crippen LogP contribution is 2.30. The van der Waals surface area contributed by atoms with Crippen LogP contribution in [0.25, 0.3) is 0 Å². The normalized spacial score (nSPS) is 12.6. The molecule has 1 aromatic heterocycles. The molecule has 0 aliphatic carbocycles. The van der Waals surface area contributed by atoms with Crippen molar-refractivity contribution in [1.82, 2.24) is 14.9 Å². The van der Waals surface area contributed by atoms with Gasteiger partial charge in [-0.25, -0.2) is 0 Å². The Labute approximate surface area is 119 Å². The molecule has 0 radical (unpaired) electrons. The molecule has 1 unspecified atom stereocenters. The fourth-order valence-corrected chi connectivity index (χ4v) is 3.15. The Kier molecular flexibility index (Phi) is 4.66. The topological polar surface area (TPSA) is 37.8 Å². The Morgan fingerprint density at radius 3 is 2.74 bits per heavy atom. The lowest BCUT2D eigenvalue weighted by Crippen LogP contribution is -2.23. The lowest BCUT2D eigenvalue weighted by atomic mass is 9.95. The first-order valence-corrected chi connectivity index (χ1v) is 7.57. The second-order valence-corrected chi connectivity index (χ2v) is 5.50. The summed E-state index contributed by atoms with van der Waals surface area (Å²) in [5, 5.41) is 7.82. The number of hydrogen-bond acceptors (Lipinski definition) is 4. The monoisotopic (exact) mass is 275 g/mol. The number of hydrogen-bond donors (Lipinski definition) is 1. The van der Waals surface area contributed by atoms with Crippen LogP contribution < -0.4 is 5.32 Å². The molecular formula is C15H21N3S. The second-order valence-electron chi connectivity index (χ2n) is 4.72. The molecule has 0 spiro atoms. The zero-order valence-electron chi connectivity index (χ0n) is 12.0. The Bertz CT molecular complexity index is 548. The van der Waals surface area contributed by atoms with Crippen LogP contribution in [0, 0.1) is 13.8 Å². The molecule has 0 aliphatic rings. The summed E-state index contributed by atoms with van der Waals surface area (Å²) in [6.45, 7) is 9.55. The molecule has 3 nitrogen and oxygen atoms in total. The van der Waals surface area contributed by atoms with Crippen molar-refractivity contribution in [3.05, 3.63) is 45.5 Å². The average Bonchev–Trinajstić information content (AvgIpc) is 2.88. The molecule has 1 N–H and O–H groups in total. The summed E-state index contributed by atoms with van der Waals surface area (Å²) in [5.74, 6) is 0. The molecule has 102 valence electrons. The molecule has 0 fully saturated rings. The number of benzene rings is 1. The van der Waals surface area contributed by atoms with Gasteiger partial charge >= 0.3 is 0 Å². The smallest absolute Gasteiger partial charge is 0.0804 e. The summed E-state index contributed by atoms with van der Waals surface area (Å²) >= 11 is 1.51. The van der Waals surface area contributed by atoms with E-state index in [-0.39, 0.29) is 6.04 Å².